The molecule has 35 heavy (non-hydrogen) atoms. The van der Waals surface area contributed by atoms with E-state index in [4.69, 9.17) is 0 Å². The Bertz CT molecular complexity index is 1250. The Labute approximate surface area is 202 Å². The highest BCUT2D eigenvalue weighted by molar-refractivity contribution is 6.50. The normalized spacial score (nSPS) is 10.9. The predicted molar refractivity (Wildman–Crippen MR) is 134 cm³/mol. The van der Waals surface area contributed by atoms with E-state index in [-0.39, 0.29) is 0 Å². The molecule has 6 heteroatoms. The highest BCUT2D eigenvalue weighted by atomic mass is 19.5. The minimum absolute atomic E-state index is 1.15. The van der Waals surface area contributed by atoms with Gasteiger partial charge in [-0.05, 0) is 23.3 Å². The van der Waals surface area contributed by atoms with E-state index in [1.165, 1.54) is 33.5 Å². The largest absolute Gasteiger partial charge is 0.673 e. The molecule has 0 spiro atoms. The fourth-order valence-corrected chi connectivity index (χ4v) is 3.99. The number of hydrogen-bond acceptors (Lipinski definition) is 0. The number of pyridine rings is 1. The molecule has 0 bridgehead atoms. The summed E-state index contributed by atoms with van der Waals surface area (Å²) >= 11 is 0. The third-order valence-electron chi connectivity index (χ3n) is 5.37. The molecule has 0 unspecified atom stereocenters. The Morgan fingerprint density at radius 1 is 0.457 bits per heavy atom. The second kappa shape index (κ2) is 10.8. The second-order valence-corrected chi connectivity index (χ2v) is 7.75. The molecule has 1 aromatic heterocycles. The van der Waals surface area contributed by atoms with E-state index in [1.807, 2.05) is 0 Å². The van der Waals surface area contributed by atoms with E-state index in [0.29, 0.717) is 0 Å². The molecule has 0 radical (unpaired) electrons. The Morgan fingerprint density at radius 2 is 0.857 bits per heavy atom. The van der Waals surface area contributed by atoms with Gasteiger partial charge in [-0.15, -0.1) is 0 Å². The van der Waals surface area contributed by atoms with E-state index >= 15 is 0 Å². The Kier molecular flexibility index (Phi) is 7.41. The summed E-state index contributed by atoms with van der Waals surface area (Å²) in [5.41, 5.74) is 8.42. The van der Waals surface area contributed by atoms with Crippen LogP contribution in [0.1, 0.15) is 0 Å². The Morgan fingerprint density at radius 3 is 1.34 bits per heavy atom. The van der Waals surface area contributed by atoms with Gasteiger partial charge < -0.3 is 17.3 Å². The molecular weight excluding hydrogens is 449 g/mol. The lowest BCUT2D eigenvalue weighted by molar-refractivity contribution is -0.583. The fourth-order valence-electron chi connectivity index (χ4n) is 3.99. The molecule has 0 saturated carbocycles. The minimum atomic E-state index is -6.00. The number of halogens is 4. The van der Waals surface area contributed by atoms with Gasteiger partial charge in [-0.1, -0.05) is 97.1 Å². The molecule has 1 heterocycles. The molecule has 0 aliphatic rings. The summed E-state index contributed by atoms with van der Waals surface area (Å²) in [5.74, 6) is 0. The van der Waals surface area contributed by atoms with Crippen molar-refractivity contribution in [2.45, 2.75) is 0 Å². The first kappa shape index (κ1) is 24.0. The van der Waals surface area contributed by atoms with Crippen LogP contribution in [0.5, 0.6) is 0 Å². The molecule has 0 atom stereocenters. The maximum absolute atomic E-state index is 9.75. The van der Waals surface area contributed by atoms with Crippen molar-refractivity contribution < 1.29 is 21.8 Å². The lowest BCUT2D eigenvalue weighted by atomic mass is 9.90. The van der Waals surface area contributed by atoms with Gasteiger partial charge >= 0.3 is 7.25 Å². The van der Waals surface area contributed by atoms with E-state index in [2.05, 4.69) is 138 Å². The molecule has 0 N–H and O–H groups in total. The topological polar surface area (TPSA) is 3.88 Å². The molecular formula is C29H22BF4N. The molecule has 0 amide bonds. The lowest BCUT2D eigenvalue weighted by Crippen LogP contribution is -2.33. The smallest absolute Gasteiger partial charge is 0.418 e. The van der Waals surface area contributed by atoms with Crippen LogP contribution in [-0.4, -0.2) is 7.25 Å². The fraction of sp³-hybridized carbons (Fsp3) is 0. The standard InChI is InChI=1S/C29H22N.BF4/c1-5-13-23(14-6-1)27-21-22-30(26-19-11-4-12-20-26)29(25-17-9-3-10-18-25)28(27)24-15-7-2-8-16-24;2-1(3,4)5/h1-22H;/q+1;-1. The maximum Gasteiger partial charge on any atom is 0.673 e. The zero-order chi connectivity index (χ0) is 24.7. The first-order valence-electron chi connectivity index (χ1n) is 11.1. The molecule has 0 fully saturated rings. The zero-order valence-electron chi connectivity index (χ0n) is 18.7. The third-order valence-corrected chi connectivity index (χ3v) is 5.37. The van der Waals surface area contributed by atoms with Gasteiger partial charge in [0.1, 0.15) is 0 Å². The van der Waals surface area contributed by atoms with Crippen LogP contribution in [-0.2, 0) is 0 Å². The number of para-hydroxylation sites is 1. The van der Waals surface area contributed by atoms with Crippen molar-refractivity contribution in [3.05, 3.63) is 134 Å². The monoisotopic (exact) mass is 471 g/mol. The summed E-state index contributed by atoms with van der Waals surface area (Å²) in [6.07, 6.45) is 2.19. The molecule has 5 rings (SSSR count). The molecule has 4 aromatic carbocycles. The second-order valence-electron chi connectivity index (χ2n) is 7.75. The van der Waals surface area contributed by atoms with Crippen LogP contribution in [0.15, 0.2) is 134 Å². The van der Waals surface area contributed by atoms with Crippen LogP contribution in [0.2, 0.25) is 0 Å². The number of aromatic nitrogens is 1. The number of benzene rings is 4. The van der Waals surface area contributed by atoms with Gasteiger partial charge in [0.2, 0.25) is 11.4 Å². The van der Waals surface area contributed by atoms with E-state index in [9.17, 15) is 17.3 Å². The van der Waals surface area contributed by atoms with Crippen molar-refractivity contribution in [1.29, 1.82) is 0 Å². The minimum Gasteiger partial charge on any atom is -0.418 e. The van der Waals surface area contributed by atoms with Crippen LogP contribution in [0, 0.1) is 0 Å². The number of nitrogens with zero attached hydrogens (tertiary/aromatic N) is 1. The molecule has 1 nitrogen and oxygen atoms in total. The summed E-state index contributed by atoms with van der Waals surface area (Å²) in [7, 11) is -6.00. The average molecular weight is 471 g/mol. The van der Waals surface area contributed by atoms with Gasteiger partial charge in [-0.3, -0.25) is 0 Å². The van der Waals surface area contributed by atoms with Gasteiger partial charge in [0, 0.05) is 29.3 Å². The van der Waals surface area contributed by atoms with Gasteiger partial charge in [-0.2, -0.15) is 4.57 Å². The summed E-state index contributed by atoms with van der Waals surface area (Å²) in [4.78, 5) is 0. The quantitative estimate of drug-likeness (QED) is 0.141. The molecule has 174 valence electrons. The van der Waals surface area contributed by atoms with Crippen LogP contribution in [0.4, 0.5) is 17.3 Å². The Hall–Kier alpha value is -4.19. The highest BCUT2D eigenvalue weighted by Crippen LogP contribution is 2.38. The maximum atomic E-state index is 9.75. The van der Waals surface area contributed by atoms with E-state index < -0.39 is 7.25 Å². The zero-order valence-corrected chi connectivity index (χ0v) is 18.7. The summed E-state index contributed by atoms with van der Waals surface area (Å²) in [6.45, 7) is 0. The van der Waals surface area contributed by atoms with Crippen molar-refractivity contribution in [1.82, 2.24) is 0 Å². The molecule has 0 aliphatic heterocycles. The summed E-state index contributed by atoms with van der Waals surface area (Å²) in [6, 6.07) is 44.8. The first-order valence-corrected chi connectivity index (χ1v) is 11.1. The molecule has 0 saturated heterocycles. The number of rotatable bonds is 4. The van der Waals surface area contributed by atoms with Gasteiger partial charge in [0.15, 0.2) is 6.20 Å². The van der Waals surface area contributed by atoms with Gasteiger partial charge in [0.05, 0.1) is 5.56 Å². The SMILES string of the molecule is F[B-](F)(F)F.c1ccc(-c2cc[n+](-c3ccccc3)c(-c3ccccc3)c2-c2ccccc2)cc1. The number of hydrogen-bond donors (Lipinski definition) is 0. The van der Waals surface area contributed by atoms with Crippen molar-refractivity contribution in [2.75, 3.05) is 0 Å². The van der Waals surface area contributed by atoms with E-state index in [0.717, 1.165) is 5.69 Å². The summed E-state index contributed by atoms with van der Waals surface area (Å²) < 4.78 is 41.3. The van der Waals surface area contributed by atoms with Crippen LogP contribution in [0.25, 0.3) is 39.2 Å². The molecule has 5 aromatic rings. The van der Waals surface area contributed by atoms with Crippen molar-refractivity contribution in [3.8, 4) is 39.2 Å². The predicted octanol–water partition coefficient (Wildman–Crippen LogP) is 8.26. The van der Waals surface area contributed by atoms with Gasteiger partial charge in [-0.25, -0.2) is 0 Å². The van der Waals surface area contributed by atoms with Crippen LogP contribution >= 0.6 is 0 Å². The van der Waals surface area contributed by atoms with Gasteiger partial charge in [0.25, 0.3) is 0 Å². The van der Waals surface area contributed by atoms with Crippen molar-refractivity contribution in [3.63, 3.8) is 0 Å². The van der Waals surface area contributed by atoms with Crippen molar-refractivity contribution in [2.24, 2.45) is 0 Å². The average Bonchev–Trinajstić information content (AvgIpc) is 2.89. The Balaban J connectivity index is 0.000000527. The first-order chi connectivity index (χ1) is 16.9. The summed E-state index contributed by atoms with van der Waals surface area (Å²) in [5, 5.41) is 0. The highest BCUT2D eigenvalue weighted by Gasteiger charge is 2.25. The lowest BCUT2D eigenvalue weighted by Gasteiger charge is -2.15. The van der Waals surface area contributed by atoms with Crippen molar-refractivity contribution >= 4 is 7.25 Å². The third kappa shape index (κ3) is 6.24. The van der Waals surface area contributed by atoms with Crippen LogP contribution < -0.4 is 4.57 Å². The van der Waals surface area contributed by atoms with Crippen LogP contribution in [0.3, 0.4) is 0 Å². The van der Waals surface area contributed by atoms with E-state index in [1.54, 1.807) is 0 Å². The molecule has 0 aliphatic carbocycles.